The average Bonchev–Trinajstić information content (AvgIpc) is 2.14. The number of benzene rings is 1. The number of anilines is 1. The summed E-state index contributed by atoms with van der Waals surface area (Å²) in [5.74, 6) is 0.739. The van der Waals surface area contributed by atoms with Crippen LogP contribution in [0, 0.1) is 50.7 Å². The fourth-order valence-corrected chi connectivity index (χ4v) is 1.11. The van der Waals surface area contributed by atoms with E-state index in [2.05, 4.69) is 12.2 Å². The van der Waals surface area contributed by atoms with Crippen LogP contribution in [0.4, 0.5) is 5.69 Å². The average molecular weight is 448 g/mol. The zero-order chi connectivity index (χ0) is 10.6. The van der Waals surface area contributed by atoms with Gasteiger partial charge in [-0.05, 0) is 11.8 Å². The van der Waals surface area contributed by atoms with Crippen LogP contribution < -0.4 is 15.1 Å². The molecule has 0 aliphatic heterocycles. The van der Waals surface area contributed by atoms with Crippen LogP contribution in [-0.4, -0.2) is 20.8 Å². The minimum absolute atomic E-state index is 0. The second kappa shape index (κ2) is 8.77. The molecule has 1 atom stereocenters. The quantitative estimate of drug-likeness (QED) is 0.406. The summed E-state index contributed by atoms with van der Waals surface area (Å²) in [5.41, 5.74) is 1.71. The summed E-state index contributed by atoms with van der Waals surface area (Å²) in [6.07, 6.45) is 0. The summed E-state index contributed by atoms with van der Waals surface area (Å²) < 4.78 is 5.08. The fraction of sp³-hybridized carbons (Fsp3) is 0.273. The Bertz CT molecular complexity index is 306. The molecule has 0 fully saturated rings. The molecule has 0 amide bonds. The maximum atomic E-state index is 10.7. The number of hydroxylamine groups is 2. The molecule has 0 aliphatic carbocycles. The largest absolute Gasteiger partial charge is 2.00 e. The van der Waals surface area contributed by atoms with E-state index in [1.165, 1.54) is 7.05 Å². The summed E-state index contributed by atoms with van der Waals surface area (Å²) in [6.45, 7) is 4.14. The van der Waals surface area contributed by atoms with Crippen molar-refractivity contribution in [1.29, 1.82) is 0 Å². The molecule has 0 radical (unpaired) electrons. The molecule has 1 rings (SSSR count). The van der Waals surface area contributed by atoms with Crippen molar-refractivity contribution >= 4 is 5.69 Å². The maximum Gasteiger partial charge on any atom is 2.00 e. The zero-order valence-electron chi connectivity index (χ0n) is 9.96. The molecule has 5 heteroatoms. The van der Waals surface area contributed by atoms with Crippen LogP contribution in [-0.2, 0) is 0 Å². The summed E-state index contributed by atoms with van der Waals surface area (Å²) in [7, 11) is 3.14. The van der Waals surface area contributed by atoms with Crippen LogP contribution in [0.2, 0.25) is 0 Å². The Hall–Kier alpha value is -0.338. The third kappa shape index (κ3) is 6.29. The van der Waals surface area contributed by atoms with E-state index in [1.54, 1.807) is 7.11 Å². The van der Waals surface area contributed by atoms with E-state index in [9.17, 15) is 5.21 Å². The molecule has 88 valence electrons. The molecule has 1 aromatic carbocycles. The van der Waals surface area contributed by atoms with Crippen LogP contribution >= 0.6 is 0 Å². The number of methoxy groups -OCH3 is 1. The zero-order valence-corrected chi connectivity index (χ0v) is 14.1. The fourth-order valence-electron chi connectivity index (χ4n) is 1.11. The summed E-state index contributed by atoms with van der Waals surface area (Å²) in [5, 5.41) is 13.8. The maximum absolute atomic E-state index is 10.7. The number of ether oxygens (including phenoxy) is 1. The first-order valence-corrected chi connectivity index (χ1v) is 4.36. The van der Waals surface area contributed by atoms with Crippen molar-refractivity contribution in [2.45, 2.75) is 0 Å². The number of hydrogen-bond donors (Lipinski definition) is 2. The van der Waals surface area contributed by atoms with Gasteiger partial charge in [0.05, 0.1) is 19.9 Å². The van der Waals surface area contributed by atoms with E-state index in [0.29, 0.717) is 6.67 Å². The molecular weight excluding hydrogens is 430 g/mol. The van der Waals surface area contributed by atoms with Gasteiger partial charge >= 0.3 is 31.1 Å². The van der Waals surface area contributed by atoms with Crippen LogP contribution in [0.25, 0.3) is 0 Å². The van der Waals surface area contributed by atoms with E-state index in [-0.39, 0.29) is 43.6 Å². The van der Waals surface area contributed by atoms with Gasteiger partial charge in [-0.2, -0.15) is 12.5 Å². The van der Waals surface area contributed by atoms with Crippen molar-refractivity contribution in [3.8, 4) is 5.75 Å². The predicted molar refractivity (Wildman–Crippen MR) is 62.6 cm³/mol. The monoisotopic (exact) mass is 448 g/mol. The van der Waals surface area contributed by atoms with Gasteiger partial charge in [0.25, 0.3) is 0 Å². The van der Waals surface area contributed by atoms with Crippen molar-refractivity contribution in [3.05, 3.63) is 43.3 Å². The van der Waals surface area contributed by atoms with Gasteiger partial charge in [-0.25, -0.2) is 0 Å². The minimum atomic E-state index is 0. The molecule has 0 saturated heterocycles. The Labute approximate surface area is 121 Å². The SMILES string of the molecule is [CH2-]c1cc(NC[NH+](C)[O-])cc(OC)c1.[CH3-].[U+2]. The molecule has 4 nitrogen and oxygen atoms in total. The molecule has 2 N–H and O–H groups in total. The van der Waals surface area contributed by atoms with E-state index in [0.717, 1.165) is 17.0 Å². The third-order valence-corrected chi connectivity index (χ3v) is 1.74. The van der Waals surface area contributed by atoms with Crippen LogP contribution in [0.5, 0.6) is 5.75 Å². The second-order valence-corrected chi connectivity index (χ2v) is 3.13. The number of rotatable bonds is 4. The van der Waals surface area contributed by atoms with E-state index in [4.69, 9.17) is 4.74 Å². The van der Waals surface area contributed by atoms with E-state index < -0.39 is 0 Å². The molecule has 1 unspecified atom stereocenters. The Morgan fingerprint density at radius 2 is 2.06 bits per heavy atom. The van der Waals surface area contributed by atoms with Crippen molar-refractivity contribution in [3.63, 3.8) is 0 Å². The van der Waals surface area contributed by atoms with Gasteiger partial charge in [-0.1, -0.05) is 0 Å². The van der Waals surface area contributed by atoms with Gasteiger partial charge in [0.2, 0.25) is 0 Å². The summed E-state index contributed by atoms with van der Waals surface area (Å²) in [6, 6.07) is 5.53. The van der Waals surface area contributed by atoms with Crippen LogP contribution in [0.15, 0.2) is 18.2 Å². The Balaban J connectivity index is 0. The molecule has 0 aromatic heterocycles. The van der Waals surface area contributed by atoms with Crippen molar-refractivity contribution in [2.75, 3.05) is 26.1 Å². The molecule has 0 heterocycles. The van der Waals surface area contributed by atoms with E-state index in [1.807, 2.05) is 18.2 Å². The Kier molecular flexibility index (Phi) is 9.89. The molecule has 0 aliphatic rings. The number of nitrogens with one attached hydrogen (secondary N) is 2. The van der Waals surface area contributed by atoms with E-state index >= 15 is 0 Å². The van der Waals surface area contributed by atoms with Crippen molar-refractivity contribution in [2.24, 2.45) is 0 Å². The standard InChI is InChI=1S/C10H15N2O2.CH3.U/c1-8-4-9(11-7-12(2)13)6-10(5-8)14-3;;/h4-6,11-12H,1,7H2,2-3H3;1H3;/q2*-1;+2. The van der Waals surface area contributed by atoms with Gasteiger partial charge in [0, 0.05) is 0 Å². The van der Waals surface area contributed by atoms with Crippen LogP contribution in [0.1, 0.15) is 5.56 Å². The topological polar surface area (TPSA) is 48.8 Å². The smallest absolute Gasteiger partial charge is 0.633 e. The number of hydrogen-bond acceptors (Lipinski definition) is 3. The number of quaternary nitrogens is 1. The summed E-state index contributed by atoms with van der Waals surface area (Å²) >= 11 is 0. The normalized spacial score (nSPS) is 10.7. The third-order valence-electron chi connectivity index (χ3n) is 1.74. The summed E-state index contributed by atoms with van der Waals surface area (Å²) in [4.78, 5) is 0. The Morgan fingerprint density at radius 1 is 1.44 bits per heavy atom. The van der Waals surface area contributed by atoms with Crippen LogP contribution in [0.3, 0.4) is 0 Å². The van der Waals surface area contributed by atoms with Gasteiger partial charge in [0.15, 0.2) is 0 Å². The first-order chi connectivity index (χ1) is 6.61. The van der Waals surface area contributed by atoms with Gasteiger partial charge < -0.3 is 27.8 Å². The first kappa shape index (κ1) is 18.0. The molecule has 0 saturated carbocycles. The molecule has 0 bridgehead atoms. The van der Waals surface area contributed by atoms with Crippen molar-refractivity contribution < 1.29 is 40.9 Å². The minimum Gasteiger partial charge on any atom is -0.633 e. The second-order valence-electron chi connectivity index (χ2n) is 3.13. The first-order valence-electron chi connectivity index (χ1n) is 4.36. The molecular formula is C11H18N2O2U. The molecule has 0 spiro atoms. The van der Waals surface area contributed by atoms with Gasteiger partial charge in [-0.15, -0.1) is 12.1 Å². The van der Waals surface area contributed by atoms with Gasteiger partial charge in [-0.3, -0.25) is 0 Å². The van der Waals surface area contributed by atoms with Gasteiger partial charge in [0.1, 0.15) is 6.67 Å². The Morgan fingerprint density at radius 3 is 2.56 bits per heavy atom. The molecule has 1 aromatic rings. The predicted octanol–water partition coefficient (Wildman–Crippen LogP) is 0.710. The van der Waals surface area contributed by atoms with Crippen molar-refractivity contribution in [1.82, 2.24) is 0 Å². The molecule has 16 heavy (non-hydrogen) atoms.